The summed E-state index contributed by atoms with van der Waals surface area (Å²) in [5.74, 6) is 1.05. The number of ether oxygens (including phenoxy) is 1. The Kier molecular flexibility index (Phi) is 5.45. The third-order valence-electron chi connectivity index (χ3n) is 4.30. The van der Waals surface area contributed by atoms with E-state index in [9.17, 15) is 9.90 Å². The Balaban J connectivity index is 1.62. The van der Waals surface area contributed by atoms with E-state index in [2.05, 4.69) is 20.6 Å². The van der Waals surface area contributed by atoms with Crippen LogP contribution in [0.1, 0.15) is 36.2 Å². The lowest BCUT2D eigenvalue weighted by molar-refractivity contribution is 0.102. The van der Waals surface area contributed by atoms with Crippen molar-refractivity contribution < 1.29 is 14.6 Å². The largest absolute Gasteiger partial charge is 0.497 e. The number of rotatable bonds is 5. The number of hydrogen-bond donors (Lipinski definition) is 3. The maximum absolute atomic E-state index is 12.4. The number of hydrogen-bond acceptors (Lipinski definition) is 6. The van der Waals surface area contributed by atoms with Crippen LogP contribution in [0.25, 0.3) is 0 Å². The minimum Gasteiger partial charge on any atom is -0.497 e. The van der Waals surface area contributed by atoms with E-state index in [1.54, 1.807) is 37.4 Å². The molecule has 0 spiro atoms. The predicted molar refractivity (Wildman–Crippen MR) is 94.9 cm³/mol. The lowest BCUT2D eigenvalue weighted by Gasteiger charge is -2.26. The van der Waals surface area contributed by atoms with E-state index in [4.69, 9.17) is 4.74 Å². The Morgan fingerprint density at radius 3 is 2.56 bits per heavy atom. The highest BCUT2D eigenvalue weighted by atomic mass is 16.5. The van der Waals surface area contributed by atoms with Gasteiger partial charge in [0.05, 0.1) is 13.2 Å². The number of carbonyl (C=O) groups excluding carboxylic acids is 1. The van der Waals surface area contributed by atoms with Crippen molar-refractivity contribution in [1.29, 1.82) is 0 Å². The first-order valence-electron chi connectivity index (χ1n) is 8.36. The number of anilines is 2. The Morgan fingerprint density at radius 1 is 1.16 bits per heavy atom. The first-order valence-corrected chi connectivity index (χ1v) is 8.36. The highest BCUT2D eigenvalue weighted by molar-refractivity contribution is 6.03. The van der Waals surface area contributed by atoms with Gasteiger partial charge in [-0.05, 0) is 49.9 Å². The molecule has 132 valence electrons. The molecule has 1 aromatic heterocycles. The number of amides is 1. The van der Waals surface area contributed by atoms with Crippen molar-refractivity contribution >= 4 is 17.4 Å². The minimum atomic E-state index is -0.297. The second-order valence-corrected chi connectivity index (χ2v) is 6.12. The van der Waals surface area contributed by atoms with E-state index >= 15 is 0 Å². The summed E-state index contributed by atoms with van der Waals surface area (Å²) in [6.07, 6.45) is 4.52. The van der Waals surface area contributed by atoms with E-state index in [-0.39, 0.29) is 18.1 Å². The van der Waals surface area contributed by atoms with E-state index in [1.807, 2.05) is 0 Å². The summed E-state index contributed by atoms with van der Waals surface area (Å²) in [6.45, 7) is 0. The zero-order valence-corrected chi connectivity index (χ0v) is 14.1. The quantitative estimate of drug-likeness (QED) is 0.772. The molecule has 1 fully saturated rings. The molecule has 25 heavy (non-hydrogen) atoms. The molecule has 0 saturated heterocycles. The molecule has 0 atom stereocenters. The molecule has 7 nitrogen and oxygen atoms in total. The monoisotopic (exact) mass is 342 g/mol. The van der Waals surface area contributed by atoms with Crippen LogP contribution in [-0.2, 0) is 0 Å². The van der Waals surface area contributed by atoms with Crippen LogP contribution in [0.5, 0.6) is 5.75 Å². The van der Waals surface area contributed by atoms with Gasteiger partial charge in [0.1, 0.15) is 23.6 Å². The first-order chi connectivity index (χ1) is 12.1. The molecule has 1 aliphatic rings. The Hall–Kier alpha value is -2.67. The minimum absolute atomic E-state index is 0.200. The third-order valence-corrected chi connectivity index (χ3v) is 4.30. The molecule has 3 rings (SSSR count). The molecular formula is C18H22N4O3. The van der Waals surface area contributed by atoms with Crippen LogP contribution in [0, 0.1) is 0 Å². The zero-order chi connectivity index (χ0) is 17.6. The van der Waals surface area contributed by atoms with Gasteiger partial charge < -0.3 is 20.5 Å². The topological polar surface area (TPSA) is 96.4 Å². The Labute approximate surface area is 146 Å². The summed E-state index contributed by atoms with van der Waals surface area (Å²) >= 11 is 0. The Bertz CT molecular complexity index is 713. The van der Waals surface area contributed by atoms with Crippen LogP contribution >= 0.6 is 0 Å². The first kappa shape index (κ1) is 17.2. The Morgan fingerprint density at radius 2 is 1.88 bits per heavy atom. The van der Waals surface area contributed by atoms with E-state index in [1.165, 1.54) is 6.33 Å². The van der Waals surface area contributed by atoms with Gasteiger partial charge in [0.15, 0.2) is 0 Å². The second kappa shape index (κ2) is 7.94. The standard InChI is InChI=1S/C18H22N4O3/c1-25-15-8-4-13(5-9-15)22-18(24)16-10-17(20-11-19-16)21-12-2-6-14(23)7-3-12/h4-5,8-12,14,23H,2-3,6-7H2,1H3,(H,22,24)(H,19,20,21). The number of nitrogens with one attached hydrogen (secondary N) is 2. The molecule has 1 aromatic carbocycles. The lowest BCUT2D eigenvalue weighted by atomic mass is 9.93. The van der Waals surface area contributed by atoms with E-state index in [0.29, 0.717) is 17.2 Å². The molecule has 7 heteroatoms. The van der Waals surface area contributed by atoms with Gasteiger partial charge in [-0.2, -0.15) is 0 Å². The number of aromatic nitrogens is 2. The van der Waals surface area contributed by atoms with Gasteiger partial charge in [0.2, 0.25) is 0 Å². The van der Waals surface area contributed by atoms with Crippen molar-refractivity contribution in [3.8, 4) is 5.75 Å². The fourth-order valence-corrected chi connectivity index (χ4v) is 2.86. The molecule has 2 aromatic rings. The fourth-order valence-electron chi connectivity index (χ4n) is 2.86. The molecule has 1 heterocycles. The van der Waals surface area contributed by atoms with E-state index in [0.717, 1.165) is 31.4 Å². The molecular weight excluding hydrogens is 320 g/mol. The third kappa shape index (κ3) is 4.67. The SMILES string of the molecule is COc1ccc(NC(=O)c2cc(NC3CCC(O)CC3)ncn2)cc1. The van der Waals surface area contributed by atoms with Crippen molar-refractivity contribution in [2.45, 2.75) is 37.8 Å². The van der Waals surface area contributed by atoms with Crippen LogP contribution < -0.4 is 15.4 Å². The van der Waals surface area contributed by atoms with Crippen LogP contribution in [0.15, 0.2) is 36.7 Å². The molecule has 0 unspecified atom stereocenters. The summed E-state index contributed by atoms with van der Waals surface area (Å²) in [5.41, 5.74) is 0.962. The van der Waals surface area contributed by atoms with Gasteiger partial charge in [-0.1, -0.05) is 0 Å². The molecule has 0 bridgehead atoms. The molecule has 1 amide bonds. The number of aliphatic hydroxyl groups is 1. The number of methoxy groups -OCH3 is 1. The highest BCUT2D eigenvalue weighted by Crippen LogP contribution is 2.21. The zero-order valence-electron chi connectivity index (χ0n) is 14.1. The fraction of sp³-hybridized carbons (Fsp3) is 0.389. The summed E-state index contributed by atoms with van der Waals surface area (Å²) in [6, 6.07) is 9.00. The van der Waals surface area contributed by atoms with Gasteiger partial charge >= 0.3 is 0 Å². The molecule has 0 aliphatic heterocycles. The maximum atomic E-state index is 12.4. The number of carbonyl (C=O) groups is 1. The summed E-state index contributed by atoms with van der Waals surface area (Å²) < 4.78 is 5.10. The normalized spacial score (nSPS) is 19.9. The van der Waals surface area contributed by atoms with Crippen molar-refractivity contribution in [1.82, 2.24) is 9.97 Å². The van der Waals surface area contributed by atoms with Crippen molar-refractivity contribution in [3.05, 3.63) is 42.4 Å². The average Bonchev–Trinajstić information content (AvgIpc) is 2.64. The summed E-state index contributed by atoms with van der Waals surface area (Å²) in [5, 5.41) is 15.7. The summed E-state index contributed by atoms with van der Waals surface area (Å²) in [7, 11) is 1.59. The number of benzene rings is 1. The van der Waals surface area contributed by atoms with Crippen LogP contribution in [-0.4, -0.2) is 40.2 Å². The van der Waals surface area contributed by atoms with Crippen molar-refractivity contribution in [3.63, 3.8) is 0 Å². The van der Waals surface area contributed by atoms with Gasteiger partial charge in [-0.25, -0.2) is 9.97 Å². The van der Waals surface area contributed by atoms with Crippen molar-refractivity contribution in [2.24, 2.45) is 0 Å². The number of aliphatic hydroxyl groups excluding tert-OH is 1. The van der Waals surface area contributed by atoms with Crippen molar-refractivity contribution in [2.75, 3.05) is 17.7 Å². The van der Waals surface area contributed by atoms with Crippen LogP contribution in [0.2, 0.25) is 0 Å². The molecule has 0 radical (unpaired) electrons. The van der Waals surface area contributed by atoms with Crippen LogP contribution in [0.4, 0.5) is 11.5 Å². The van der Waals surface area contributed by atoms with Gasteiger partial charge in [0.25, 0.3) is 5.91 Å². The summed E-state index contributed by atoms with van der Waals surface area (Å²) in [4.78, 5) is 20.6. The predicted octanol–water partition coefficient (Wildman–Crippen LogP) is 2.45. The molecule has 1 aliphatic carbocycles. The van der Waals surface area contributed by atoms with E-state index < -0.39 is 0 Å². The van der Waals surface area contributed by atoms with Crippen LogP contribution in [0.3, 0.4) is 0 Å². The smallest absolute Gasteiger partial charge is 0.274 e. The maximum Gasteiger partial charge on any atom is 0.274 e. The number of nitrogens with zero attached hydrogens (tertiary/aromatic N) is 2. The average molecular weight is 342 g/mol. The van der Waals surface area contributed by atoms with Gasteiger partial charge in [-0.15, -0.1) is 0 Å². The highest BCUT2D eigenvalue weighted by Gasteiger charge is 2.20. The molecule has 1 saturated carbocycles. The molecule has 3 N–H and O–H groups in total. The van der Waals surface area contributed by atoms with Gasteiger partial charge in [0, 0.05) is 17.8 Å². The lowest BCUT2D eigenvalue weighted by Crippen LogP contribution is -2.28. The second-order valence-electron chi connectivity index (χ2n) is 6.12. The van der Waals surface area contributed by atoms with Gasteiger partial charge in [-0.3, -0.25) is 4.79 Å².